The summed E-state index contributed by atoms with van der Waals surface area (Å²) in [6.45, 7) is 5.63. The summed E-state index contributed by atoms with van der Waals surface area (Å²) in [7, 11) is -3.34. The summed E-state index contributed by atoms with van der Waals surface area (Å²) in [5.41, 5.74) is 0.783. The molecule has 1 fully saturated rings. The first kappa shape index (κ1) is 18.7. The molecule has 1 saturated heterocycles. The number of sulfonamides is 1. The van der Waals surface area contributed by atoms with E-state index in [9.17, 15) is 13.2 Å². The molecule has 1 aliphatic heterocycles. The van der Waals surface area contributed by atoms with Crippen LogP contribution in [-0.4, -0.2) is 55.9 Å². The molecule has 134 valence electrons. The lowest BCUT2D eigenvalue weighted by Gasteiger charge is -2.34. The Morgan fingerprint density at radius 1 is 1.17 bits per heavy atom. The molecule has 1 aliphatic rings. The Morgan fingerprint density at radius 2 is 1.79 bits per heavy atom. The van der Waals surface area contributed by atoms with Crippen molar-refractivity contribution in [3.63, 3.8) is 0 Å². The van der Waals surface area contributed by atoms with Crippen molar-refractivity contribution >= 4 is 16.1 Å². The van der Waals surface area contributed by atoms with Crippen molar-refractivity contribution < 1.29 is 13.2 Å². The normalized spacial score (nSPS) is 17.5. The van der Waals surface area contributed by atoms with Gasteiger partial charge in [0.05, 0.1) is 5.75 Å². The SMILES string of the molecule is CCC[C@@H](C)NC(=O)N1CCN(S(=O)(=O)Cc2ccccc2)CC1. The summed E-state index contributed by atoms with van der Waals surface area (Å²) in [6.07, 6.45) is 1.96. The van der Waals surface area contributed by atoms with E-state index < -0.39 is 10.0 Å². The Kier molecular flexibility index (Phi) is 6.62. The van der Waals surface area contributed by atoms with Crippen molar-refractivity contribution in [2.75, 3.05) is 26.2 Å². The Labute approximate surface area is 144 Å². The third kappa shape index (κ3) is 5.21. The van der Waals surface area contributed by atoms with E-state index in [-0.39, 0.29) is 17.8 Å². The van der Waals surface area contributed by atoms with Gasteiger partial charge in [-0.3, -0.25) is 0 Å². The molecule has 6 nitrogen and oxygen atoms in total. The van der Waals surface area contributed by atoms with E-state index in [0.717, 1.165) is 18.4 Å². The molecule has 1 atom stereocenters. The minimum atomic E-state index is -3.34. The van der Waals surface area contributed by atoms with E-state index in [1.165, 1.54) is 4.31 Å². The van der Waals surface area contributed by atoms with Crippen LogP contribution in [-0.2, 0) is 15.8 Å². The van der Waals surface area contributed by atoms with Crippen molar-refractivity contribution in [3.8, 4) is 0 Å². The fourth-order valence-electron chi connectivity index (χ4n) is 2.85. The zero-order valence-corrected chi connectivity index (χ0v) is 15.3. The third-order valence-corrected chi connectivity index (χ3v) is 6.05. The minimum Gasteiger partial charge on any atom is -0.336 e. The number of carbonyl (C=O) groups excluding carboxylic acids is 1. The molecule has 1 heterocycles. The maximum atomic E-state index is 12.5. The first-order chi connectivity index (χ1) is 11.4. The number of hydrogen-bond donors (Lipinski definition) is 1. The molecule has 0 unspecified atom stereocenters. The van der Waals surface area contributed by atoms with Gasteiger partial charge in [0.25, 0.3) is 0 Å². The van der Waals surface area contributed by atoms with Crippen molar-refractivity contribution in [1.29, 1.82) is 0 Å². The van der Waals surface area contributed by atoms with Crippen LogP contribution in [0.1, 0.15) is 32.3 Å². The highest BCUT2D eigenvalue weighted by molar-refractivity contribution is 7.88. The van der Waals surface area contributed by atoms with Crippen LogP contribution in [0.2, 0.25) is 0 Å². The molecular weight excluding hydrogens is 326 g/mol. The molecule has 24 heavy (non-hydrogen) atoms. The third-order valence-electron chi connectivity index (χ3n) is 4.20. The predicted octanol–water partition coefficient (Wildman–Crippen LogP) is 2.03. The average molecular weight is 353 g/mol. The monoisotopic (exact) mass is 353 g/mol. The molecule has 1 aromatic rings. The second kappa shape index (κ2) is 8.48. The number of piperazine rings is 1. The molecule has 0 aromatic heterocycles. The van der Waals surface area contributed by atoms with Crippen molar-refractivity contribution in [2.24, 2.45) is 0 Å². The zero-order valence-electron chi connectivity index (χ0n) is 14.4. The van der Waals surface area contributed by atoms with E-state index in [4.69, 9.17) is 0 Å². The van der Waals surface area contributed by atoms with Crippen LogP contribution >= 0.6 is 0 Å². The van der Waals surface area contributed by atoms with Gasteiger partial charge in [0.2, 0.25) is 10.0 Å². The molecule has 7 heteroatoms. The second-order valence-corrected chi connectivity index (χ2v) is 8.24. The van der Waals surface area contributed by atoms with Gasteiger partial charge >= 0.3 is 6.03 Å². The van der Waals surface area contributed by atoms with Gasteiger partial charge in [-0.05, 0) is 18.9 Å². The topological polar surface area (TPSA) is 69.7 Å². The molecule has 0 aliphatic carbocycles. The van der Waals surface area contributed by atoms with E-state index >= 15 is 0 Å². The number of nitrogens with one attached hydrogen (secondary N) is 1. The fraction of sp³-hybridized carbons (Fsp3) is 0.588. The maximum absolute atomic E-state index is 12.5. The summed E-state index contributed by atoms with van der Waals surface area (Å²) in [5.74, 6) is 0.00751. The Hall–Kier alpha value is -1.60. The lowest BCUT2D eigenvalue weighted by Crippen LogP contribution is -2.54. The number of urea groups is 1. The smallest absolute Gasteiger partial charge is 0.317 e. The number of benzene rings is 1. The lowest BCUT2D eigenvalue weighted by molar-refractivity contribution is 0.169. The number of rotatable bonds is 6. The Morgan fingerprint density at radius 3 is 2.38 bits per heavy atom. The Balaban J connectivity index is 1.86. The van der Waals surface area contributed by atoms with E-state index in [2.05, 4.69) is 12.2 Å². The van der Waals surface area contributed by atoms with Gasteiger partial charge in [0.15, 0.2) is 0 Å². The number of amides is 2. The standard InChI is InChI=1S/C17H27N3O3S/c1-3-7-15(2)18-17(21)19-10-12-20(13-11-19)24(22,23)14-16-8-5-4-6-9-16/h4-6,8-9,15H,3,7,10-14H2,1-2H3,(H,18,21)/t15-/m1/s1. The average Bonchev–Trinajstić information content (AvgIpc) is 2.55. The van der Waals surface area contributed by atoms with Gasteiger partial charge < -0.3 is 10.2 Å². The number of carbonyl (C=O) groups is 1. The van der Waals surface area contributed by atoms with Gasteiger partial charge in [-0.25, -0.2) is 13.2 Å². The molecule has 2 rings (SSSR count). The van der Waals surface area contributed by atoms with Gasteiger partial charge in [-0.1, -0.05) is 43.7 Å². The predicted molar refractivity (Wildman–Crippen MR) is 95.1 cm³/mol. The van der Waals surface area contributed by atoms with Crippen LogP contribution in [0.5, 0.6) is 0 Å². The fourth-order valence-corrected chi connectivity index (χ4v) is 4.37. The van der Waals surface area contributed by atoms with Crippen molar-refractivity contribution in [2.45, 2.75) is 38.5 Å². The number of hydrogen-bond acceptors (Lipinski definition) is 3. The highest BCUT2D eigenvalue weighted by atomic mass is 32.2. The highest BCUT2D eigenvalue weighted by Gasteiger charge is 2.29. The van der Waals surface area contributed by atoms with E-state index in [1.807, 2.05) is 37.3 Å². The zero-order chi connectivity index (χ0) is 17.6. The molecule has 0 bridgehead atoms. The van der Waals surface area contributed by atoms with Crippen LogP contribution < -0.4 is 5.32 Å². The van der Waals surface area contributed by atoms with Crippen LogP contribution in [0, 0.1) is 0 Å². The van der Waals surface area contributed by atoms with Crippen LogP contribution in [0.3, 0.4) is 0 Å². The summed E-state index contributed by atoms with van der Waals surface area (Å²) in [6, 6.07) is 9.22. The molecule has 1 N–H and O–H groups in total. The van der Waals surface area contributed by atoms with Crippen molar-refractivity contribution in [1.82, 2.24) is 14.5 Å². The first-order valence-electron chi connectivity index (χ1n) is 8.49. The summed E-state index contributed by atoms with van der Waals surface area (Å²) in [4.78, 5) is 13.9. The van der Waals surface area contributed by atoms with Crippen LogP contribution in [0.4, 0.5) is 4.79 Å². The quantitative estimate of drug-likeness (QED) is 0.851. The van der Waals surface area contributed by atoms with Crippen molar-refractivity contribution in [3.05, 3.63) is 35.9 Å². The van der Waals surface area contributed by atoms with Crippen LogP contribution in [0.15, 0.2) is 30.3 Å². The highest BCUT2D eigenvalue weighted by Crippen LogP contribution is 2.13. The van der Waals surface area contributed by atoms with E-state index in [1.54, 1.807) is 4.90 Å². The van der Waals surface area contributed by atoms with E-state index in [0.29, 0.717) is 26.2 Å². The molecule has 0 spiro atoms. The Bertz CT molecular complexity index is 626. The molecule has 2 amide bonds. The second-order valence-electron chi connectivity index (χ2n) is 6.27. The first-order valence-corrected chi connectivity index (χ1v) is 10.1. The summed E-state index contributed by atoms with van der Waals surface area (Å²) < 4.78 is 26.5. The molecule has 1 aromatic carbocycles. The largest absolute Gasteiger partial charge is 0.336 e. The number of nitrogens with zero attached hydrogens (tertiary/aromatic N) is 2. The van der Waals surface area contributed by atoms with Gasteiger partial charge in [-0.2, -0.15) is 4.31 Å². The van der Waals surface area contributed by atoms with Gasteiger partial charge in [0, 0.05) is 32.2 Å². The maximum Gasteiger partial charge on any atom is 0.317 e. The van der Waals surface area contributed by atoms with Gasteiger partial charge in [-0.15, -0.1) is 0 Å². The minimum absolute atomic E-state index is 0.00751. The summed E-state index contributed by atoms with van der Waals surface area (Å²) >= 11 is 0. The van der Waals surface area contributed by atoms with Gasteiger partial charge in [0.1, 0.15) is 0 Å². The van der Waals surface area contributed by atoms with Crippen LogP contribution in [0.25, 0.3) is 0 Å². The molecule has 0 radical (unpaired) electrons. The molecule has 0 saturated carbocycles. The molecular formula is C17H27N3O3S. The lowest BCUT2D eigenvalue weighted by atomic mass is 10.2. The summed E-state index contributed by atoms with van der Waals surface area (Å²) in [5, 5.41) is 2.96.